The van der Waals surface area contributed by atoms with E-state index in [9.17, 15) is 18.3 Å². The van der Waals surface area contributed by atoms with E-state index in [1.165, 1.54) is 5.51 Å². The lowest BCUT2D eigenvalue weighted by molar-refractivity contribution is 0.0687. The Morgan fingerprint density at radius 1 is 1.56 bits per heavy atom. The van der Waals surface area contributed by atoms with Crippen LogP contribution >= 0.6 is 11.3 Å². The van der Waals surface area contributed by atoms with E-state index in [-0.39, 0.29) is 17.3 Å². The number of sulfonamides is 1. The second-order valence-electron chi connectivity index (χ2n) is 3.95. The maximum absolute atomic E-state index is 12.2. The molecule has 0 aliphatic carbocycles. The monoisotopic (exact) mass is 292 g/mol. The molecule has 1 aromatic rings. The Hall–Kier alpha value is -1.03. The van der Waals surface area contributed by atoms with Crippen LogP contribution in [-0.2, 0) is 10.0 Å². The summed E-state index contributed by atoms with van der Waals surface area (Å²) in [7, 11) is -3.88. The number of thiazole rings is 1. The minimum Gasteiger partial charge on any atom is -0.476 e. The van der Waals surface area contributed by atoms with Crippen molar-refractivity contribution in [1.29, 1.82) is 0 Å². The maximum Gasteiger partial charge on any atom is 0.356 e. The predicted molar refractivity (Wildman–Crippen MR) is 63.1 cm³/mol. The fourth-order valence-corrected chi connectivity index (χ4v) is 4.61. The predicted octanol–water partition coefficient (Wildman–Crippen LogP) is -0.0133. The summed E-state index contributed by atoms with van der Waals surface area (Å²) in [6.07, 6.45) is 0.414. The molecule has 0 spiro atoms. The van der Waals surface area contributed by atoms with E-state index in [4.69, 9.17) is 5.11 Å². The number of nitrogens with zero attached hydrogens (tertiary/aromatic N) is 2. The Labute approximate surface area is 108 Å². The van der Waals surface area contributed by atoms with Gasteiger partial charge in [0, 0.05) is 13.1 Å². The van der Waals surface area contributed by atoms with Crippen LogP contribution in [0.25, 0.3) is 0 Å². The molecule has 0 radical (unpaired) electrons. The van der Waals surface area contributed by atoms with Crippen LogP contribution < -0.4 is 0 Å². The van der Waals surface area contributed by atoms with Crippen molar-refractivity contribution in [1.82, 2.24) is 9.29 Å². The quantitative estimate of drug-likeness (QED) is 0.811. The van der Waals surface area contributed by atoms with Crippen molar-refractivity contribution in [3.8, 4) is 0 Å². The van der Waals surface area contributed by atoms with Crippen LogP contribution in [0.15, 0.2) is 9.72 Å². The van der Waals surface area contributed by atoms with Gasteiger partial charge in [0.25, 0.3) is 10.0 Å². The average molecular weight is 292 g/mol. The lowest BCUT2D eigenvalue weighted by Crippen LogP contribution is -2.42. The molecule has 18 heavy (non-hydrogen) atoms. The normalized spacial score (nSPS) is 21.9. The minimum absolute atomic E-state index is 0.000702. The number of aromatic carboxylic acids is 1. The number of piperidine rings is 1. The maximum atomic E-state index is 12.2. The molecule has 2 rings (SSSR count). The number of carboxylic acid groups (broad SMARTS) is 1. The molecule has 1 aromatic heterocycles. The second kappa shape index (κ2) is 4.92. The minimum atomic E-state index is -3.88. The Bertz CT molecular complexity index is 553. The zero-order valence-electron chi connectivity index (χ0n) is 9.31. The third-order valence-corrected chi connectivity index (χ3v) is 5.88. The van der Waals surface area contributed by atoms with Gasteiger partial charge >= 0.3 is 5.97 Å². The van der Waals surface area contributed by atoms with Crippen LogP contribution in [0.2, 0.25) is 0 Å². The van der Waals surface area contributed by atoms with Gasteiger partial charge in [0.2, 0.25) is 0 Å². The highest BCUT2D eigenvalue weighted by Crippen LogP contribution is 2.26. The third kappa shape index (κ3) is 2.39. The Kier molecular flexibility index (Phi) is 3.66. The zero-order chi connectivity index (χ0) is 13.3. The van der Waals surface area contributed by atoms with E-state index >= 15 is 0 Å². The molecule has 2 heterocycles. The van der Waals surface area contributed by atoms with Crippen molar-refractivity contribution in [3.05, 3.63) is 11.2 Å². The molecule has 1 saturated heterocycles. The number of carboxylic acids is 1. The highest BCUT2D eigenvalue weighted by molar-refractivity contribution is 7.91. The second-order valence-corrected chi connectivity index (χ2v) is 6.94. The molecule has 1 unspecified atom stereocenters. The van der Waals surface area contributed by atoms with Gasteiger partial charge in [-0.1, -0.05) is 0 Å². The highest BCUT2D eigenvalue weighted by Gasteiger charge is 2.34. The standard InChI is InChI=1S/C9H12N2O5S2/c12-6-2-1-3-11(4-6)18(15,16)9-7(8(13)14)10-5-17-9/h5-6,12H,1-4H2,(H,13,14). The van der Waals surface area contributed by atoms with Crippen LogP contribution in [0.5, 0.6) is 0 Å². The Morgan fingerprint density at radius 2 is 2.28 bits per heavy atom. The molecular formula is C9H12N2O5S2. The van der Waals surface area contributed by atoms with Gasteiger partial charge in [-0.05, 0) is 12.8 Å². The van der Waals surface area contributed by atoms with Crippen LogP contribution in [-0.4, -0.2) is 53.1 Å². The lowest BCUT2D eigenvalue weighted by Gasteiger charge is -2.28. The lowest BCUT2D eigenvalue weighted by atomic mass is 10.1. The summed E-state index contributed by atoms with van der Waals surface area (Å²) in [6, 6.07) is 0. The summed E-state index contributed by atoms with van der Waals surface area (Å²) in [5.74, 6) is -1.37. The molecule has 100 valence electrons. The first-order valence-corrected chi connectivity index (χ1v) is 7.60. The smallest absolute Gasteiger partial charge is 0.356 e. The number of β-amino-alcohol motifs (C(OH)–C–C–N with tert-alkyl or cyclic N) is 1. The van der Waals surface area contributed by atoms with Crippen molar-refractivity contribution in [2.75, 3.05) is 13.1 Å². The molecule has 7 nitrogen and oxygen atoms in total. The highest BCUT2D eigenvalue weighted by atomic mass is 32.2. The molecule has 0 saturated carbocycles. The number of aliphatic hydroxyl groups excluding tert-OH is 1. The van der Waals surface area contributed by atoms with Gasteiger partial charge in [-0.15, -0.1) is 11.3 Å². The molecule has 9 heteroatoms. The third-order valence-electron chi connectivity index (χ3n) is 2.67. The molecular weight excluding hydrogens is 280 g/mol. The van der Waals surface area contributed by atoms with Crippen molar-refractivity contribution in [2.45, 2.75) is 23.2 Å². The molecule has 0 amide bonds. The molecule has 0 aromatic carbocycles. The fraction of sp³-hybridized carbons (Fsp3) is 0.556. The number of aliphatic hydroxyl groups is 1. The molecule has 1 aliphatic heterocycles. The van der Waals surface area contributed by atoms with Gasteiger partial charge < -0.3 is 10.2 Å². The Morgan fingerprint density at radius 3 is 2.89 bits per heavy atom. The van der Waals surface area contributed by atoms with Crippen LogP contribution in [0, 0.1) is 0 Å². The van der Waals surface area contributed by atoms with Gasteiger partial charge in [-0.3, -0.25) is 0 Å². The van der Waals surface area contributed by atoms with Crippen LogP contribution in [0.1, 0.15) is 23.3 Å². The summed E-state index contributed by atoms with van der Waals surface area (Å²) < 4.78 is 25.3. The molecule has 1 aliphatic rings. The van der Waals surface area contributed by atoms with E-state index in [0.717, 1.165) is 15.6 Å². The summed E-state index contributed by atoms with van der Waals surface area (Å²) in [5.41, 5.74) is 0.733. The average Bonchev–Trinajstić information content (AvgIpc) is 2.78. The molecule has 1 fully saturated rings. The van der Waals surface area contributed by atoms with Crippen LogP contribution in [0.3, 0.4) is 0 Å². The van der Waals surface area contributed by atoms with E-state index in [0.29, 0.717) is 12.8 Å². The van der Waals surface area contributed by atoms with Crippen molar-refractivity contribution in [2.24, 2.45) is 0 Å². The zero-order valence-corrected chi connectivity index (χ0v) is 10.9. The van der Waals surface area contributed by atoms with E-state index in [1.54, 1.807) is 0 Å². The number of rotatable bonds is 3. The SMILES string of the molecule is O=C(O)c1ncsc1S(=O)(=O)N1CCCC(O)C1. The number of carbonyl (C=O) groups is 1. The summed E-state index contributed by atoms with van der Waals surface area (Å²) in [4.78, 5) is 14.4. The van der Waals surface area contributed by atoms with Gasteiger partial charge in [0.1, 0.15) is 0 Å². The molecule has 2 N–H and O–H groups in total. The fourth-order valence-electron chi connectivity index (χ4n) is 1.82. The number of hydrogen-bond acceptors (Lipinski definition) is 6. The number of aromatic nitrogens is 1. The van der Waals surface area contributed by atoms with E-state index < -0.39 is 27.8 Å². The summed E-state index contributed by atoms with van der Waals surface area (Å²) in [5, 5.41) is 18.4. The van der Waals surface area contributed by atoms with Gasteiger partial charge in [-0.25, -0.2) is 18.2 Å². The van der Waals surface area contributed by atoms with Gasteiger partial charge in [0.05, 0.1) is 11.6 Å². The van der Waals surface area contributed by atoms with E-state index in [1.807, 2.05) is 0 Å². The van der Waals surface area contributed by atoms with E-state index in [2.05, 4.69) is 4.98 Å². The van der Waals surface area contributed by atoms with Crippen LogP contribution in [0.4, 0.5) is 0 Å². The molecule has 0 bridgehead atoms. The Balaban J connectivity index is 2.36. The van der Waals surface area contributed by atoms with Gasteiger partial charge in [-0.2, -0.15) is 4.31 Å². The first-order valence-electron chi connectivity index (χ1n) is 5.28. The first kappa shape index (κ1) is 13.4. The van der Waals surface area contributed by atoms with Crippen molar-refractivity contribution in [3.63, 3.8) is 0 Å². The van der Waals surface area contributed by atoms with Gasteiger partial charge in [0.15, 0.2) is 9.90 Å². The number of hydrogen-bond donors (Lipinski definition) is 2. The largest absolute Gasteiger partial charge is 0.476 e. The van der Waals surface area contributed by atoms with Crippen molar-refractivity contribution >= 4 is 27.3 Å². The first-order chi connectivity index (χ1) is 8.43. The summed E-state index contributed by atoms with van der Waals surface area (Å²) in [6.45, 7) is 0.287. The van der Waals surface area contributed by atoms with Crippen molar-refractivity contribution < 1.29 is 23.4 Å². The summed E-state index contributed by atoms with van der Waals surface area (Å²) >= 11 is 0.776. The molecule has 1 atom stereocenters. The topological polar surface area (TPSA) is 108 Å².